The molecule has 1 heterocycles. The van der Waals surface area contributed by atoms with E-state index < -0.39 is 5.92 Å². The van der Waals surface area contributed by atoms with Crippen molar-refractivity contribution in [2.75, 3.05) is 32.2 Å². The standard InChI is InChI=1S/C22H31N3O5/c1-29-18-9-8-17(13-19(18)30-2)25-14-15(12-21(25)27)22(28)23-11-10-20(26)24-16-6-4-3-5-7-16/h8-9,13,15-16H,3-7,10-12,14H2,1-2H3,(H,23,28)(H,24,26). The molecule has 8 nitrogen and oxygen atoms in total. The smallest absolute Gasteiger partial charge is 0.227 e. The quantitative estimate of drug-likeness (QED) is 0.674. The number of nitrogens with one attached hydrogen (secondary N) is 2. The molecule has 3 rings (SSSR count). The molecule has 3 amide bonds. The lowest BCUT2D eigenvalue weighted by Crippen LogP contribution is -2.39. The Balaban J connectivity index is 1.47. The fourth-order valence-electron chi connectivity index (χ4n) is 4.12. The van der Waals surface area contributed by atoms with E-state index in [0.717, 1.165) is 25.7 Å². The van der Waals surface area contributed by atoms with Gasteiger partial charge in [-0.1, -0.05) is 19.3 Å². The van der Waals surface area contributed by atoms with Gasteiger partial charge in [-0.3, -0.25) is 14.4 Å². The first-order valence-corrected chi connectivity index (χ1v) is 10.6. The third kappa shape index (κ3) is 5.43. The van der Waals surface area contributed by atoms with Crippen LogP contribution in [0.25, 0.3) is 0 Å². The largest absolute Gasteiger partial charge is 0.493 e. The topological polar surface area (TPSA) is 97.0 Å². The van der Waals surface area contributed by atoms with Crippen molar-refractivity contribution in [2.45, 2.75) is 51.0 Å². The van der Waals surface area contributed by atoms with Crippen molar-refractivity contribution in [1.29, 1.82) is 0 Å². The van der Waals surface area contributed by atoms with Gasteiger partial charge in [0.2, 0.25) is 17.7 Å². The van der Waals surface area contributed by atoms with Crippen molar-refractivity contribution in [3.05, 3.63) is 18.2 Å². The van der Waals surface area contributed by atoms with E-state index >= 15 is 0 Å². The Morgan fingerprint density at radius 2 is 1.83 bits per heavy atom. The second-order valence-electron chi connectivity index (χ2n) is 7.89. The van der Waals surface area contributed by atoms with Crippen LogP contribution in [0.2, 0.25) is 0 Å². The minimum absolute atomic E-state index is 0.0309. The maximum absolute atomic E-state index is 12.5. The molecule has 8 heteroatoms. The maximum atomic E-state index is 12.5. The molecule has 2 aliphatic rings. The van der Waals surface area contributed by atoms with Crippen LogP contribution < -0.4 is 25.0 Å². The molecule has 0 radical (unpaired) electrons. The maximum Gasteiger partial charge on any atom is 0.227 e. The molecule has 1 aliphatic carbocycles. The van der Waals surface area contributed by atoms with Crippen molar-refractivity contribution in [2.24, 2.45) is 5.92 Å². The predicted molar refractivity (Wildman–Crippen MR) is 113 cm³/mol. The molecule has 0 spiro atoms. The SMILES string of the molecule is COc1ccc(N2CC(C(=O)NCCC(=O)NC3CCCCC3)CC2=O)cc1OC. The summed E-state index contributed by atoms with van der Waals surface area (Å²) in [5, 5.41) is 5.85. The Morgan fingerprint density at radius 1 is 1.10 bits per heavy atom. The van der Waals surface area contributed by atoms with Gasteiger partial charge in [-0.15, -0.1) is 0 Å². The van der Waals surface area contributed by atoms with Crippen LogP contribution in [0, 0.1) is 5.92 Å². The summed E-state index contributed by atoms with van der Waals surface area (Å²) in [5.74, 6) is 0.325. The highest BCUT2D eigenvalue weighted by atomic mass is 16.5. The number of carbonyl (C=O) groups excluding carboxylic acids is 3. The van der Waals surface area contributed by atoms with E-state index in [-0.39, 0.29) is 43.1 Å². The van der Waals surface area contributed by atoms with E-state index in [2.05, 4.69) is 10.6 Å². The van der Waals surface area contributed by atoms with Crippen LogP contribution in [-0.4, -0.2) is 51.1 Å². The van der Waals surface area contributed by atoms with Gasteiger partial charge < -0.3 is 25.0 Å². The van der Waals surface area contributed by atoms with Crippen molar-refractivity contribution in [3.8, 4) is 11.5 Å². The number of hydrogen-bond donors (Lipinski definition) is 2. The summed E-state index contributed by atoms with van der Waals surface area (Å²) in [6, 6.07) is 5.51. The number of nitrogens with zero attached hydrogens (tertiary/aromatic N) is 1. The highest BCUT2D eigenvalue weighted by Gasteiger charge is 2.35. The Hall–Kier alpha value is -2.77. The summed E-state index contributed by atoms with van der Waals surface area (Å²) in [7, 11) is 3.09. The van der Waals surface area contributed by atoms with Crippen LogP contribution in [0.5, 0.6) is 11.5 Å². The van der Waals surface area contributed by atoms with Gasteiger partial charge in [0.05, 0.1) is 20.1 Å². The number of ether oxygens (including phenoxy) is 2. The normalized spacial score (nSPS) is 19.5. The van der Waals surface area contributed by atoms with Gasteiger partial charge in [-0.25, -0.2) is 0 Å². The van der Waals surface area contributed by atoms with E-state index in [1.807, 2.05) is 0 Å². The minimum Gasteiger partial charge on any atom is -0.493 e. The summed E-state index contributed by atoms with van der Waals surface area (Å²) < 4.78 is 10.5. The van der Waals surface area contributed by atoms with Crippen LogP contribution in [0.1, 0.15) is 44.9 Å². The van der Waals surface area contributed by atoms with Gasteiger partial charge >= 0.3 is 0 Å². The highest BCUT2D eigenvalue weighted by molar-refractivity contribution is 6.00. The number of methoxy groups -OCH3 is 2. The number of carbonyl (C=O) groups is 3. The van der Waals surface area contributed by atoms with E-state index in [1.165, 1.54) is 13.5 Å². The zero-order valence-corrected chi connectivity index (χ0v) is 17.7. The summed E-state index contributed by atoms with van der Waals surface area (Å²) in [6.45, 7) is 0.576. The van der Waals surface area contributed by atoms with E-state index in [4.69, 9.17) is 9.47 Å². The summed E-state index contributed by atoms with van der Waals surface area (Å²) >= 11 is 0. The predicted octanol–water partition coefficient (Wildman–Crippen LogP) is 2.01. The molecule has 2 N–H and O–H groups in total. The number of rotatable bonds is 8. The van der Waals surface area contributed by atoms with Gasteiger partial charge in [0.15, 0.2) is 11.5 Å². The Morgan fingerprint density at radius 3 is 2.53 bits per heavy atom. The second-order valence-corrected chi connectivity index (χ2v) is 7.89. The Labute approximate surface area is 177 Å². The average Bonchev–Trinajstić information content (AvgIpc) is 3.15. The van der Waals surface area contributed by atoms with Crippen molar-refractivity contribution in [3.63, 3.8) is 0 Å². The monoisotopic (exact) mass is 417 g/mol. The fourth-order valence-corrected chi connectivity index (χ4v) is 4.12. The lowest BCUT2D eigenvalue weighted by atomic mass is 9.95. The summed E-state index contributed by atoms with van der Waals surface area (Å²) in [6.07, 6.45) is 6.03. The van der Waals surface area contributed by atoms with Crippen LogP contribution in [-0.2, 0) is 14.4 Å². The average molecular weight is 418 g/mol. The molecule has 1 aromatic rings. The molecule has 0 aromatic heterocycles. The van der Waals surface area contributed by atoms with Crippen LogP contribution in [0.15, 0.2) is 18.2 Å². The zero-order valence-electron chi connectivity index (χ0n) is 17.7. The molecule has 1 aliphatic heterocycles. The first kappa shape index (κ1) is 21.9. The molecule has 1 atom stereocenters. The van der Waals surface area contributed by atoms with Gasteiger partial charge in [0.25, 0.3) is 0 Å². The fraction of sp³-hybridized carbons (Fsp3) is 0.591. The number of hydrogen-bond acceptors (Lipinski definition) is 5. The molecule has 1 unspecified atom stereocenters. The van der Waals surface area contributed by atoms with Gasteiger partial charge in [-0.2, -0.15) is 0 Å². The van der Waals surface area contributed by atoms with E-state index in [0.29, 0.717) is 23.7 Å². The molecule has 1 saturated carbocycles. The second kappa shape index (κ2) is 10.3. The van der Waals surface area contributed by atoms with E-state index in [1.54, 1.807) is 30.2 Å². The highest BCUT2D eigenvalue weighted by Crippen LogP contribution is 2.34. The molecule has 1 saturated heterocycles. The molecular weight excluding hydrogens is 386 g/mol. The molecule has 2 fully saturated rings. The first-order chi connectivity index (χ1) is 14.5. The van der Waals surface area contributed by atoms with Crippen LogP contribution >= 0.6 is 0 Å². The lowest BCUT2D eigenvalue weighted by Gasteiger charge is -2.22. The van der Waals surface area contributed by atoms with Crippen molar-refractivity contribution >= 4 is 23.4 Å². The number of benzene rings is 1. The molecule has 30 heavy (non-hydrogen) atoms. The van der Waals surface area contributed by atoms with Gasteiger partial charge in [0.1, 0.15) is 0 Å². The third-order valence-electron chi connectivity index (χ3n) is 5.80. The van der Waals surface area contributed by atoms with Crippen molar-refractivity contribution < 1.29 is 23.9 Å². The Kier molecular flexibility index (Phi) is 7.54. The number of anilines is 1. The summed E-state index contributed by atoms with van der Waals surface area (Å²) in [4.78, 5) is 38.6. The van der Waals surface area contributed by atoms with Crippen LogP contribution in [0.3, 0.4) is 0 Å². The van der Waals surface area contributed by atoms with Crippen molar-refractivity contribution in [1.82, 2.24) is 10.6 Å². The Bertz CT molecular complexity index is 776. The number of amides is 3. The van der Waals surface area contributed by atoms with Crippen LogP contribution in [0.4, 0.5) is 5.69 Å². The molecule has 164 valence electrons. The third-order valence-corrected chi connectivity index (χ3v) is 5.80. The van der Waals surface area contributed by atoms with Gasteiger partial charge in [0, 0.05) is 43.7 Å². The lowest BCUT2D eigenvalue weighted by molar-refractivity contribution is -0.126. The zero-order chi connectivity index (χ0) is 21.5. The van der Waals surface area contributed by atoms with E-state index in [9.17, 15) is 14.4 Å². The first-order valence-electron chi connectivity index (χ1n) is 10.6. The molecular formula is C22H31N3O5. The minimum atomic E-state index is -0.438. The molecule has 0 bridgehead atoms. The summed E-state index contributed by atoms with van der Waals surface area (Å²) in [5.41, 5.74) is 0.666. The molecule has 1 aromatic carbocycles. The van der Waals surface area contributed by atoms with Gasteiger partial charge in [-0.05, 0) is 25.0 Å².